The van der Waals surface area contributed by atoms with E-state index in [2.05, 4.69) is 15.5 Å². The van der Waals surface area contributed by atoms with Crippen LogP contribution in [0.3, 0.4) is 0 Å². The summed E-state index contributed by atoms with van der Waals surface area (Å²) in [5.41, 5.74) is 1.89. The molecule has 0 spiro atoms. The van der Waals surface area contributed by atoms with E-state index in [1.54, 1.807) is 25.1 Å². The Bertz CT molecular complexity index is 774. The molecule has 1 atom stereocenters. The number of amides is 2. The van der Waals surface area contributed by atoms with Crippen molar-refractivity contribution in [3.05, 3.63) is 29.3 Å². The Hall–Kier alpha value is -2.41. The van der Waals surface area contributed by atoms with Crippen molar-refractivity contribution >= 4 is 23.5 Å². The molecule has 1 unspecified atom stereocenters. The monoisotopic (exact) mass is 415 g/mol. The number of hydrogen-bond acceptors (Lipinski definition) is 5. The Morgan fingerprint density at radius 3 is 2.57 bits per heavy atom. The van der Waals surface area contributed by atoms with E-state index in [1.165, 1.54) is 32.1 Å². The number of carbonyl (C=O) groups excluding carboxylic acids is 3. The van der Waals surface area contributed by atoms with Crippen LogP contribution in [0.5, 0.6) is 0 Å². The predicted molar refractivity (Wildman–Crippen MR) is 115 cm³/mol. The first kappa shape index (κ1) is 22.3. The van der Waals surface area contributed by atoms with Gasteiger partial charge in [-0.3, -0.25) is 14.5 Å². The maximum Gasteiger partial charge on any atom is 0.397 e. The number of ether oxygens (including phenoxy) is 1. The number of carbonyl (C=O) groups is 3. The van der Waals surface area contributed by atoms with Gasteiger partial charge in [0.25, 0.3) is 5.91 Å². The lowest BCUT2D eigenvalue weighted by Crippen LogP contribution is -2.40. The van der Waals surface area contributed by atoms with E-state index in [9.17, 15) is 14.4 Å². The van der Waals surface area contributed by atoms with Crippen LogP contribution in [-0.4, -0.2) is 54.5 Å². The van der Waals surface area contributed by atoms with E-state index >= 15 is 0 Å². The van der Waals surface area contributed by atoms with Crippen LogP contribution in [0.25, 0.3) is 0 Å². The molecule has 1 aliphatic heterocycles. The highest BCUT2D eigenvalue weighted by molar-refractivity contribution is 6.37. The third kappa shape index (κ3) is 5.59. The second kappa shape index (κ2) is 10.6. The summed E-state index contributed by atoms with van der Waals surface area (Å²) in [6, 6.07) is 5.99. The molecule has 2 aliphatic rings. The number of esters is 1. The molecule has 2 fully saturated rings. The average molecular weight is 416 g/mol. The minimum atomic E-state index is -0.912. The number of hydrogen-bond donors (Lipinski definition) is 2. The highest BCUT2D eigenvalue weighted by Crippen LogP contribution is 2.26. The molecule has 1 aromatic carbocycles. The predicted octanol–water partition coefficient (Wildman–Crippen LogP) is 2.89. The lowest BCUT2D eigenvalue weighted by atomic mass is 9.94. The van der Waals surface area contributed by atoms with E-state index < -0.39 is 11.9 Å². The Kier molecular flexibility index (Phi) is 7.85. The van der Waals surface area contributed by atoms with Gasteiger partial charge in [-0.1, -0.05) is 26.2 Å². The molecule has 1 saturated carbocycles. The number of aryl methyl sites for hydroxylation is 1. The summed E-state index contributed by atoms with van der Waals surface area (Å²) in [7, 11) is 0. The quantitative estimate of drug-likeness (QED) is 0.551. The molecule has 2 N–H and O–H groups in total. The molecule has 1 saturated heterocycles. The van der Waals surface area contributed by atoms with Crippen molar-refractivity contribution in [2.24, 2.45) is 0 Å². The first-order valence-corrected chi connectivity index (χ1v) is 11.2. The van der Waals surface area contributed by atoms with E-state index in [1.807, 2.05) is 6.92 Å². The molecular weight excluding hydrogens is 382 g/mol. The average Bonchev–Trinajstić information content (AvgIpc) is 3.23. The number of nitrogens with one attached hydrogen (secondary N) is 2. The van der Waals surface area contributed by atoms with Gasteiger partial charge in [0.15, 0.2) is 0 Å². The van der Waals surface area contributed by atoms with E-state index in [4.69, 9.17) is 4.74 Å². The normalized spacial score (nSPS) is 20.0. The fourth-order valence-electron chi connectivity index (χ4n) is 4.47. The van der Waals surface area contributed by atoms with Crippen LogP contribution < -0.4 is 10.6 Å². The molecule has 0 radical (unpaired) electrons. The summed E-state index contributed by atoms with van der Waals surface area (Å²) in [6.07, 6.45) is 8.14. The Morgan fingerprint density at radius 1 is 1.10 bits per heavy atom. The standard InChI is InChI=1S/C23H33N3O4/c1-3-16-14-17(10-11-20(16)25-22(28)23(29)30-4-2)21(27)24-18-12-13-26(15-18)19-8-6-5-7-9-19/h10-11,14,18-19H,3-9,12-13,15H2,1-2H3,(H,24,27)(H,25,28). The molecule has 1 aromatic rings. The zero-order valence-electron chi connectivity index (χ0n) is 18.0. The minimum absolute atomic E-state index is 0.0940. The van der Waals surface area contributed by atoms with Crippen molar-refractivity contribution in [2.45, 2.75) is 70.9 Å². The summed E-state index contributed by atoms with van der Waals surface area (Å²) >= 11 is 0. The first-order chi connectivity index (χ1) is 14.5. The summed E-state index contributed by atoms with van der Waals surface area (Å²) < 4.78 is 4.72. The zero-order chi connectivity index (χ0) is 21.5. The molecule has 3 rings (SSSR count). The lowest BCUT2D eigenvalue weighted by molar-refractivity contribution is -0.152. The van der Waals surface area contributed by atoms with Crippen LogP contribution in [0.2, 0.25) is 0 Å². The molecule has 30 heavy (non-hydrogen) atoms. The van der Waals surface area contributed by atoms with Gasteiger partial charge in [0.2, 0.25) is 0 Å². The molecule has 1 heterocycles. The van der Waals surface area contributed by atoms with Crippen LogP contribution >= 0.6 is 0 Å². The van der Waals surface area contributed by atoms with Crippen LogP contribution in [0, 0.1) is 0 Å². The van der Waals surface area contributed by atoms with E-state index in [-0.39, 0.29) is 18.6 Å². The van der Waals surface area contributed by atoms with E-state index in [0.717, 1.165) is 25.1 Å². The third-order valence-corrected chi connectivity index (χ3v) is 6.10. The Morgan fingerprint density at radius 2 is 1.87 bits per heavy atom. The number of rotatable bonds is 6. The Balaban J connectivity index is 1.58. The molecule has 2 amide bonds. The smallest absolute Gasteiger partial charge is 0.397 e. The topological polar surface area (TPSA) is 87.7 Å². The molecule has 0 bridgehead atoms. The molecule has 1 aliphatic carbocycles. The largest absolute Gasteiger partial charge is 0.459 e. The lowest BCUT2D eigenvalue weighted by Gasteiger charge is -2.31. The fraction of sp³-hybridized carbons (Fsp3) is 0.609. The van der Waals surface area contributed by atoms with Gasteiger partial charge < -0.3 is 15.4 Å². The summed E-state index contributed by atoms with van der Waals surface area (Å²) in [6.45, 7) is 5.70. The van der Waals surface area contributed by atoms with Crippen LogP contribution in [0.4, 0.5) is 5.69 Å². The van der Waals surface area contributed by atoms with Crippen molar-refractivity contribution < 1.29 is 19.1 Å². The van der Waals surface area contributed by atoms with Crippen molar-refractivity contribution in [2.75, 3.05) is 25.0 Å². The van der Waals surface area contributed by atoms with Gasteiger partial charge in [-0.15, -0.1) is 0 Å². The van der Waals surface area contributed by atoms with Crippen LogP contribution in [0.15, 0.2) is 18.2 Å². The molecule has 7 heteroatoms. The van der Waals surface area contributed by atoms with Gasteiger partial charge in [-0.05, 0) is 56.4 Å². The molecular formula is C23H33N3O4. The molecule has 164 valence electrons. The first-order valence-electron chi connectivity index (χ1n) is 11.2. The van der Waals surface area contributed by atoms with Gasteiger partial charge in [0.05, 0.1) is 6.61 Å². The highest BCUT2D eigenvalue weighted by atomic mass is 16.5. The minimum Gasteiger partial charge on any atom is -0.459 e. The van der Waals surface area contributed by atoms with Gasteiger partial charge in [-0.2, -0.15) is 0 Å². The van der Waals surface area contributed by atoms with Gasteiger partial charge >= 0.3 is 11.9 Å². The van der Waals surface area contributed by atoms with E-state index in [0.29, 0.717) is 23.7 Å². The summed E-state index contributed by atoms with van der Waals surface area (Å²) in [5, 5.41) is 5.74. The van der Waals surface area contributed by atoms with Gasteiger partial charge in [-0.25, -0.2) is 4.79 Å². The number of benzene rings is 1. The van der Waals surface area contributed by atoms with Gasteiger partial charge in [0, 0.05) is 36.4 Å². The number of anilines is 1. The summed E-state index contributed by atoms with van der Waals surface area (Å²) in [4.78, 5) is 38.8. The maximum atomic E-state index is 12.8. The SMILES string of the molecule is CCOC(=O)C(=O)Nc1ccc(C(=O)NC2CCN(C3CCCCC3)C2)cc1CC. The van der Waals surface area contributed by atoms with Crippen molar-refractivity contribution in [3.8, 4) is 0 Å². The maximum absolute atomic E-state index is 12.8. The second-order valence-electron chi connectivity index (χ2n) is 8.15. The zero-order valence-corrected chi connectivity index (χ0v) is 18.0. The Labute approximate surface area is 178 Å². The number of nitrogens with zero attached hydrogens (tertiary/aromatic N) is 1. The molecule has 7 nitrogen and oxygen atoms in total. The van der Waals surface area contributed by atoms with Crippen molar-refractivity contribution in [1.29, 1.82) is 0 Å². The molecule has 0 aromatic heterocycles. The van der Waals surface area contributed by atoms with Crippen molar-refractivity contribution in [3.63, 3.8) is 0 Å². The highest BCUT2D eigenvalue weighted by Gasteiger charge is 2.30. The summed E-state index contributed by atoms with van der Waals surface area (Å²) in [5.74, 6) is -1.81. The van der Waals surface area contributed by atoms with Crippen LogP contribution in [0.1, 0.15) is 68.3 Å². The van der Waals surface area contributed by atoms with Gasteiger partial charge in [0.1, 0.15) is 0 Å². The second-order valence-corrected chi connectivity index (χ2v) is 8.15. The van der Waals surface area contributed by atoms with Crippen molar-refractivity contribution in [1.82, 2.24) is 10.2 Å². The number of likely N-dealkylation sites (tertiary alicyclic amines) is 1. The van der Waals surface area contributed by atoms with Crippen LogP contribution in [-0.2, 0) is 20.7 Å². The third-order valence-electron chi connectivity index (χ3n) is 6.10. The fourth-order valence-corrected chi connectivity index (χ4v) is 4.47.